The number of carbonyl (C=O) groups is 1. The average molecular weight is 451 g/mol. The number of carbonyl (C=O) groups excluding carboxylic acids is 1. The van der Waals surface area contributed by atoms with Crippen LogP contribution in [0.5, 0.6) is 11.5 Å². The second-order valence-corrected chi connectivity index (χ2v) is 8.18. The Morgan fingerprint density at radius 1 is 1.15 bits per heavy atom. The Labute approximate surface area is 193 Å². The molecule has 2 heterocycles. The molecular weight excluding hydrogens is 420 g/mol. The molecule has 0 saturated carbocycles. The molecule has 1 aromatic heterocycles. The second-order valence-electron chi connectivity index (χ2n) is 8.18. The summed E-state index contributed by atoms with van der Waals surface area (Å²) in [6.07, 6.45) is 2.70. The minimum absolute atomic E-state index is 0.0252. The van der Waals surface area contributed by atoms with Gasteiger partial charge in [-0.15, -0.1) is 0 Å². The number of hydrogen-bond acceptors (Lipinski definition) is 7. The first-order chi connectivity index (χ1) is 16.2. The summed E-state index contributed by atoms with van der Waals surface area (Å²) in [6, 6.07) is 15.7. The van der Waals surface area contributed by atoms with E-state index in [1.165, 1.54) is 5.56 Å². The molecule has 4 rings (SSSR count). The lowest BCUT2D eigenvalue weighted by Gasteiger charge is -2.30. The van der Waals surface area contributed by atoms with Crippen molar-refractivity contribution in [3.05, 3.63) is 60.0 Å². The zero-order valence-electron chi connectivity index (χ0n) is 19.1. The van der Waals surface area contributed by atoms with E-state index < -0.39 is 0 Å². The topological polar surface area (TPSA) is 89.7 Å². The van der Waals surface area contributed by atoms with E-state index in [1.807, 2.05) is 36.4 Å². The Balaban J connectivity index is 1.30. The lowest BCUT2D eigenvalue weighted by molar-refractivity contribution is -0.126. The molecule has 1 aliphatic rings. The van der Waals surface area contributed by atoms with Crippen LogP contribution in [0.15, 0.2) is 53.1 Å². The number of ether oxygens (including phenoxy) is 2. The maximum absolute atomic E-state index is 12.7. The molecule has 33 heavy (non-hydrogen) atoms. The average Bonchev–Trinajstić information content (AvgIpc) is 3.32. The molecule has 0 bridgehead atoms. The number of nitrogens with one attached hydrogen (secondary N) is 1. The van der Waals surface area contributed by atoms with Gasteiger partial charge in [-0.1, -0.05) is 35.5 Å². The summed E-state index contributed by atoms with van der Waals surface area (Å²) in [5.74, 6) is 2.38. The van der Waals surface area contributed by atoms with Crippen LogP contribution in [-0.2, 0) is 17.8 Å². The van der Waals surface area contributed by atoms with Gasteiger partial charge in [-0.05, 0) is 49.6 Å². The molecule has 1 aliphatic heterocycles. The van der Waals surface area contributed by atoms with E-state index in [0.29, 0.717) is 42.8 Å². The first-order valence-corrected chi connectivity index (χ1v) is 11.2. The molecule has 3 aromatic rings. The van der Waals surface area contributed by atoms with Gasteiger partial charge < -0.3 is 19.3 Å². The van der Waals surface area contributed by atoms with Gasteiger partial charge >= 0.3 is 0 Å². The van der Waals surface area contributed by atoms with Gasteiger partial charge in [-0.25, -0.2) is 0 Å². The highest BCUT2D eigenvalue weighted by atomic mass is 16.5. The van der Waals surface area contributed by atoms with Gasteiger partial charge in [0.15, 0.2) is 11.5 Å². The molecule has 1 N–H and O–H groups in total. The molecule has 2 aromatic carbocycles. The number of rotatable bonds is 9. The van der Waals surface area contributed by atoms with Crippen LogP contribution < -0.4 is 14.8 Å². The standard InChI is InChI=1S/C25H30N4O4/c1-31-21-11-10-19(15-22(21)32-2)24-27-23(33-28-24)17-29-14-6-9-20(16-29)25(30)26-13-12-18-7-4-3-5-8-18/h3-5,7-8,10-11,15,20H,6,9,12-14,16-17H2,1-2H3,(H,26,30)/t20-/m0/s1. The smallest absolute Gasteiger partial charge is 0.241 e. The minimum Gasteiger partial charge on any atom is -0.493 e. The van der Waals surface area contributed by atoms with Crippen molar-refractivity contribution in [3.8, 4) is 22.9 Å². The van der Waals surface area contributed by atoms with Gasteiger partial charge in [-0.3, -0.25) is 9.69 Å². The summed E-state index contributed by atoms with van der Waals surface area (Å²) in [7, 11) is 3.19. The number of likely N-dealkylation sites (tertiary alicyclic amines) is 1. The van der Waals surface area contributed by atoms with Crippen molar-refractivity contribution < 1.29 is 18.8 Å². The van der Waals surface area contributed by atoms with Gasteiger partial charge in [0.05, 0.1) is 26.7 Å². The number of aromatic nitrogens is 2. The van der Waals surface area contributed by atoms with Gasteiger partial charge in [-0.2, -0.15) is 4.98 Å². The van der Waals surface area contributed by atoms with Gasteiger partial charge in [0.1, 0.15) is 0 Å². The van der Waals surface area contributed by atoms with Gasteiger partial charge in [0, 0.05) is 18.7 Å². The fourth-order valence-corrected chi connectivity index (χ4v) is 4.14. The number of nitrogens with zero attached hydrogens (tertiary/aromatic N) is 3. The molecule has 1 saturated heterocycles. The second kappa shape index (κ2) is 11.0. The van der Waals surface area contributed by atoms with E-state index in [9.17, 15) is 4.79 Å². The molecular formula is C25H30N4O4. The molecule has 8 nitrogen and oxygen atoms in total. The van der Waals surface area contributed by atoms with Crippen molar-refractivity contribution in [2.45, 2.75) is 25.8 Å². The highest BCUT2D eigenvalue weighted by Gasteiger charge is 2.26. The number of piperidine rings is 1. The summed E-state index contributed by atoms with van der Waals surface area (Å²) in [4.78, 5) is 19.4. The Hall–Kier alpha value is -3.39. The summed E-state index contributed by atoms with van der Waals surface area (Å²) in [6.45, 7) is 2.76. The van der Waals surface area contributed by atoms with Crippen LogP contribution in [0, 0.1) is 5.92 Å². The van der Waals surface area contributed by atoms with Crippen LogP contribution in [0.2, 0.25) is 0 Å². The Bertz CT molecular complexity index is 1050. The van der Waals surface area contributed by atoms with Gasteiger partial charge in [0.25, 0.3) is 0 Å². The predicted octanol–water partition coefficient (Wildman–Crippen LogP) is 3.32. The monoisotopic (exact) mass is 450 g/mol. The molecule has 1 fully saturated rings. The zero-order valence-corrected chi connectivity index (χ0v) is 19.1. The summed E-state index contributed by atoms with van der Waals surface area (Å²) in [5.41, 5.74) is 2.02. The zero-order chi connectivity index (χ0) is 23.0. The number of amides is 1. The Morgan fingerprint density at radius 2 is 1.97 bits per heavy atom. The fourth-order valence-electron chi connectivity index (χ4n) is 4.14. The number of hydrogen-bond donors (Lipinski definition) is 1. The number of benzene rings is 2. The van der Waals surface area contributed by atoms with E-state index in [0.717, 1.165) is 31.4 Å². The van der Waals surface area contributed by atoms with Crippen LogP contribution in [0.1, 0.15) is 24.3 Å². The van der Waals surface area contributed by atoms with Crippen LogP contribution >= 0.6 is 0 Å². The normalized spacial score (nSPS) is 16.4. The molecule has 0 unspecified atom stereocenters. The van der Waals surface area contributed by atoms with Crippen molar-refractivity contribution >= 4 is 5.91 Å². The van der Waals surface area contributed by atoms with Gasteiger partial charge in [0.2, 0.25) is 17.6 Å². The predicted molar refractivity (Wildman–Crippen MR) is 124 cm³/mol. The highest BCUT2D eigenvalue weighted by Crippen LogP contribution is 2.31. The third-order valence-electron chi connectivity index (χ3n) is 5.90. The first kappa shape index (κ1) is 22.8. The maximum atomic E-state index is 12.7. The van der Waals surface area contributed by atoms with E-state index in [1.54, 1.807) is 14.2 Å². The first-order valence-electron chi connectivity index (χ1n) is 11.2. The quantitative estimate of drug-likeness (QED) is 0.535. The summed E-state index contributed by atoms with van der Waals surface area (Å²) >= 11 is 0. The minimum atomic E-state index is -0.0252. The van der Waals surface area contributed by atoms with E-state index in [4.69, 9.17) is 14.0 Å². The summed E-state index contributed by atoms with van der Waals surface area (Å²) < 4.78 is 16.1. The largest absolute Gasteiger partial charge is 0.493 e. The van der Waals surface area contributed by atoms with E-state index >= 15 is 0 Å². The third kappa shape index (κ3) is 5.90. The fraction of sp³-hybridized carbons (Fsp3) is 0.400. The summed E-state index contributed by atoms with van der Waals surface area (Å²) in [5, 5.41) is 7.21. The van der Waals surface area contributed by atoms with Crippen molar-refractivity contribution in [3.63, 3.8) is 0 Å². The molecule has 174 valence electrons. The molecule has 1 atom stereocenters. The lowest BCUT2D eigenvalue weighted by Crippen LogP contribution is -2.43. The van der Waals surface area contributed by atoms with Crippen molar-refractivity contribution in [1.82, 2.24) is 20.4 Å². The Morgan fingerprint density at radius 3 is 2.76 bits per heavy atom. The lowest BCUT2D eigenvalue weighted by atomic mass is 9.97. The number of methoxy groups -OCH3 is 2. The molecule has 0 aliphatic carbocycles. The Kier molecular flexibility index (Phi) is 7.57. The molecule has 1 amide bonds. The molecule has 0 spiro atoms. The van der Waals surface area contributed by atoms with Crippen LogP contribution in [0.3, 0.4) is 0 Å². The van der Waals surface area contributed by atoms with Crippen LogP contribution in [0.4, 0.5) is 0 Å². The molecule has 8 heteroatoms. The van der Waals surface area contributed by atoms with Crippen molar-refractivity contribution in [1.29, 1.82) is 0 Å². The van der Waals surface area contributed by atoms with Crippen LogP contribution in [0.25, 0.3) is 11.4 Å². The molecule has 0 radical (unpaired) electrons. The van der Waals surface area contributed by atoms with Crippen LogP contribution in [-0.4, -0.2) is 54.8 Å². The maximum Gasteiger partial charge on any atom is 0.241 e. The highest BCUT2D eigenvalue weighted by molar-refractivity contribution is 5.79. The van der Waals surface area contributed by atoms with E-state index in [2.05, 4.69) is 32.5 Å². The SMILES string of the molecule is COc1ccc(-c2noc(CN3CCC[C@H](C(=O)NCCc4ccccc4)C3)n2)cc1OC. The van der Waals surface area contributed by atoms with Crippen molar-refractivity contribution in [2.75, 3.05) is 33.9 Å². The van der Waals surface area contributed by atoms with E-state index in [-0.39, 0.29) is 11.8 Å². The van der Waals surface area contributed by atoms with Crippen molar-refractivity contribution in [2.24, 2.45) is 5.92 Å². The third-order valence-corrected chi connectivity index (χ3v) is 5.90.